The molecule has 1 saturated carbocycles. The lowest BCUT2D eigenvalue weighted by molar-refractivity contribution is -0.183. The van der Waals surface area contributed by atoms with E-state index in [1.807, 2.05) is 18.7 Å². The molecule has 3 aliphatic rings. The second-order valence-electron chi connectivity index (χ2n) is 8.05. The summed E-state index contributed by atoms with van der Waals surface area (Å²) in [5, 5.41) is 3.08. The van der Waals surface area contributed by atoms with Crippen molar-refractivity contribution in [3.63, 3.8) is 0 Å². The minimum atomic E-state index is -0.348. The third-order valence-corrected chi connectivity index (χ3v) is 6.56. The lowest BCUT2D eigenvalue weighted by atomic mass is 9.82. The van der Waals surface area contributed by atoms with Crippen molar-refractivity contribution < 1.29 is 14.3 Å². The molecule has 2 saturated heterocycles. The zero-order chi connectivity index (χ0) is 17.2. The number of nitrogens with zero attached hydrogens (tertiary/aromatic N) is 1. The molecule has 1 N–H and O–H groups in total. The third kappa shape index (κ3) is 4.45. The van der Waals surface area contributed by atoms with E-state index in [1.165, 1.54) is 19.3 Å². The van der Waals surface area contributed by atoms with Crippen LogP contribution in [0.3, 0.4) is 0 Å². The summed E-state index contributed by atoms with van der Waals surface area (Å²) < 4.78 is 5.39. The van der Waals surface area contributed by atoms with Crippen molar-refractivity contribution in [1.82, 2.24) is 10.2 Å². The summed E-state index contributed by atoms with van der Waals surface area (Å²) in [6.45, 7) is 6.72. The number of hydrogen-bond acceptors (Lipinski definition) is 4. The number of hydrogen-bond donors (Lipinski definition) is 1. The molecule has 0 spiro atoms. The van der Waals surface area contributed by atoms with Gasteiger partial charge in [-0.3, -0.25) is 9.59 Å². The Morgan fingerprint density at radius 2 is 2.04 bits per heavy atom. The number of carbonyl (C=O) groups excluding carboxylic acids is 2. The van der Waals surface area contributed by atoms with Gasteiger partial charge in [-0.1, -0.05) is 20.3 Å². The van der Waals surface area contributed by atoms with Gasteiger partial charge >= 0.3 is 0 Å². The number of rotatable bonds is 7. The van der Waals surface area contributed by atoms with Gasteiger partial charge in [0.25, 0.3) is 0 Å². The van der Waals surface area contributed by atoms with Gasteiger partial charge in [0.2, 0.25) is 11.8 Å². The summed E-state index contributed by atoms with van der Waals surface area (Å²) in [4.78, 5) is 27.0. The van der Waals surface area contributed by atoms with Crippen molar-refractivity contribution in [3.8, 4) is 0 Å². The second kappa shape index (κ2) is 7.65. The predicted octanol–water partition coefficient (Wildman–Crippen LogP) is 2.05. The zero-order valence-corrected chi connectivity index (χ0v) is 15.7. The first-order valence-electron chi connectivity index (χ1n) is 9.27. The van der Waals surface area contributed by atoms with Crippen LogP contribution < -0.4 is 5.32 Å². The molecule has 136 valence electrons. The van der Waals surface area contributed by atoms with Crippen LogP contribution in [0.4, 0.5) is 0 Å². The molecule has 2 amide bonds. The van der Waals surface area contributed by atoms with Gasteiger partial charge < -0.3 is 15.0 Å². The Morgan fingerprint density at radius 3 is 2.58 bits per heavy atom. The highest BCUT2D eigenvalue weighted by molar-refractivity contribution is 8.00. The molecule has 6 heteroatoms. The maximum absolute atomic E-state index is 12.8. The standard InChI is InChI=1S/C18H30N2O3S/c1-18(2)12-23-15(18)16(21)19-8-9-20(11-13-6-7-13)17(22)14-5-3-4-10-24-14/h13-15H,3-12H2,1-2H3,(H,19,21). The van der Waals surface area contributed by atoms with Crippen molar-refractivity contribution in [2.45, 2.75) is 57.3 Å². The lowest BCUT2D eigenvalue weighted by Gasteiger charge is -2.42. The molecule has 2 unspecified atom stereocenters. The molecule has 1 aliphatic carbocycles. The van der Waals surface area contributed by atoms with Crippen molar-refractivity contribution in [1.29, 1.82) is 0 Å². The van der Waals surface area contributed by atoms with E-state index in [9.17, 15) is 9.59 Å². The van der Waals surface area contributed by atoms with Crippen LogP contribution in [-0.4, -0.2) is 60.1 Å². The van der Waals surface area contributed by atoms with Crippen LogP contribution in [0.1, 0.15) is 46.0 Å². The highest BCUT2D eigenvalue weighted by Crippen LogP contribution is 2.34. The fourth-order valence-corrected chi connectivity index (χ4v) is 4.66. The molecule has 5 nitrogen and oxygen atoms in total. The molecule has 0 aromatic heterocycles. The first-order chi connectivity index (χ1) is 11.5. The number of carbonyl (C=O) groups is 2. The number of amides is 2. The molecule has 3 fully saturated rings. The van der Waals surface area contributed by atoms with Gasteiger partial charge in [-0.05, 0) is 37.4 Å². The van der Waals surface area contributed by atoms with Crippen LogP contribution in [0.5, 0.6) is 0 Å². The monoisotopic (exact) mass is 354 g/mol. The predicted molar refractivity (Wildman–Crippen MR) is 95.9 cm³/mol. The largest absolute Gasteiger partial charge is 0.367 e. The second-order valence-corrected chi connectivity index (χ2v) is 9.36. The normalized spacial score (nSPS) is 28.8. The van der Waals surface area contributed by atoms with Crippen LogP contribution in [0.15, 0.2) is 0 Å². The zero-order valence-electron chi connectivity index (χ0n) is 14.9. The highest BCUT2D eigenvalue weighted by Gasteiger charge is 2.45. The summed E-state index contributed by atoms with van der Waals surface area (Å²) in [6, 6.07) is 0. The van der Waals surface area contributed by atoms with E-state index in [0.29, 0.717) is 25.6 Å². The topological polar surface area (TPSA) is 58.6 Å². The van der Waals surface area contributed by atoms with Crippen LogP contribution in [-0.2, 0) is 14.3 Å². The molecule has 3 rings (SSSR count). The highest BCUT2D eigenvalue weighted by atomic mass is 32.2. The van der Waals surface area contributed by atoms with Gasteiger partial charge in [-0.25, -0.2) is 0 Å². The van der Waals surface area contributed by atoms with Gasteiger partial charge in [0.15, 0.2) is 0 Å². The first kappa shape index (κ1) is 18.1. The summed E-state index contributed by atoms with van der Waals surface area (Å²) in [5.41, 5.74) is -0.0770. The van der Waals surface area contributed by atoms with Gasteiger partial charge in [-0.2, -0.15) is 0 Å². The average molecular weight is 355 g/mol. The summed E-state index contributed by atoms with van der Waals surface area (Å²) >= 11 is 1.81. The van der Waals surface area contributed by atoms with E-state index in [2.05, 4.69) is 5.32 Å². The van der Waals surface area contributed by atoms with Crippen molar-refractivity contribution in [2.24, 2.45) is 11.3 Å². The van der Waals surface area contributed by atoms with E-state index >= 15 is 0 Å². The van der Waals surface area contributed by atoms with Crippen LogP contribution in [0.2, 0.25) is 0 Å². The fraction of sp³-hybridized carbons (Fsp3) is 0.889. The number of thioether (sulfide) groups is 1. The SMILES string of the molecule is CC1(C)COC1C(=O)NCCN(CC1CC1)C(=O)C1CCCCS1. The third-order valence-electron chi connectivity index (χ3n) is 5.19. The molecule has 24 heavy (non-hydrogen) atoms. The molecule has 0 radical (unpaired) electrons. The fourth-order valence-electron chi connectivity index (χ4n) is 3.38. The minimum absolute atomic E-state index is 0.0443. The lowest BCUT2D eigenvalue weighted by Crippen LogP contribution is -2.57. The van der Waals surface area contributed by atoms with Gasteiger partial charge in [0.05, 0.1) is 11.9 Å². The van der Waals surface area contributed by atoms with Crippen molar-refractivity contribution in [3.05, 3.63) is 0 Å². The summed E-state index contributed by atoms with van der Waals surface area (Å²) in [6.07, 6.45) is 5.51. The van der Waals surface area contributed by atoms with E-state index in [4.69, 9.17) is 4.74 Å². The summed E-state index contributed by atoms with van der Waals surface area (Å²) in [7, 11) is 0. The maximum atomic E-state index is 12.8. The molecule has 2 aliphatic heterocycles. The van der Waals surface area contributed by atoms with E-state index in [1.54, 1.807) is 11.8 Å². The quantitative estimate of drug-likeness (QED) is 0.760. The van der Waals surface area contributed by atoms with Gasteiger partial charge in [-0.15, -0.1) is 11.8 Å². The molecule has 0 bridgehead atoms. The summed E-state index contributed by atoms with van der Waals surface area (Å²) in [5.74, 6) is 2.00. The van der Waals surface area contributed by atoms with Crippen molar-refractivity contribution in [2.75, 3.05) is 32.0 Å². The first-order valence-corrected chi connectivity index (χ1v) is 10.3. The van der Waals surface area contributed by atoms with Crippen LogP contribution >= 0.6 is 11.8 Å². The Morgan fingerprint density at radius 1 is 1.25 bits per heavy atom. The molecule has 2 heterocycles. The van der Waals surface area contributed by atoms with E-state index < -0.39 is 0 Å². The van der Waals surface area contributed by atoms with E-state index in [0.717, 1.165) is 25.1 Å². The van der Waals surface area contributed by atoms with Gasteiger partial charge in [0, 0.05) is 25.0 Å². The Hall–Kier alpha value is -0.750. The van der Waals surface area contributed by atoms with Crippen molar-refractivity contribution >= 4 is 23.6 Å². The molecular weight excluding hydrogens is 324 g/mol. The number of ether oxygens (including phenoxy) is 1. The van der Waals surface area contributed by atoms with E-state index in [-0.39, 0.29) is 28.6 Å². The Bertz CT molecular complexity index is 473. The maximum Gasteiger partial charge on any atom is 0.249 e. The smallest absolute Gasteiger partial charge is 0.249 e. The van der Waals surface area contributed by atoms with Crippen LogP contribution in [0.25, 0.3) is 0 Å². The van der Waals surface area contributed by atoms with Crippen LogP contribution in [0, 0.1) is 11.3 Å². The molecule has 0 aromatic carbocycles. The Labute approximate surface area is 149 Å². The molecule has 0 aromatic rings. The average Bonchev–Trinajstić information content (AvgIpc) is 3.37. The molecular formula is C18H30N2O3S. The van der Waals surface area contributed by atoms with Gasteiger partial charge in [0.1, 0.15) is 6.10 Å². The molecule has 2 atom stereocenters. The minimum Gasteiger partial charge on any atom is -0.367 e. The number of nitrogens with one attached hydrogen (secondary N) is 1. The Kier molecular flexibility index (Phi) is 5.75. The Balaban J connectivity index is 1.47.